The summed E-state index contributed by atoms with van der Waals surface area (Å²) in [6, 6.07) is 10.2. The van der Waals surface area contributed by atoms with Crippen LogP contribution >= 0.6 is 11.6 Å². The molecule has 0 bridgehead atoms. The number of unbranched alkanes of at least 4 members (excludes halogenated alkanes) is 1. The van der Waals surface area contributed by atoms with Gasteiger partial charge in [-0.2, -0.15) is 0 Å². The number of anilines is 1. The van der Waals surface area contributed by atoms with Gasteiger partial charge in [-0.25, -0.2) is 14.6 Å². The maximum absolute atomic E-state index is 12.2. The van der Waals surface area contributed by atoms with Gasteiger partial charge >= 0.3 is 12.1 Å². The summed E-state index contributed by atoms with van der Waals surface area (Å²) >= 11 is 5.94. The molecule has 1 aliphatic heterocycles. The molecule has 1 amide bonds. The topological polar surface area (TPSA) is 113 Å². The smallest absolute Gasteiger partial charge is 0.408 e. The van der Waals surface area contributed by atoms with E-state index in [1.165, 1.54) is 5.56 Å². The maximum atomic E-state index is 12.2. The van der Waals surface area contributed by atoms with Gasteiger partial charge in [-0.3, -0.25) is 0 Å². The highest BCUT2D eigenvalue weighted by molar-refractivity contribution is 6.30. The van der Waals surface area contributed by atoms with E-state index in [2.05, 4.69) is 27.7 Å². The number of carboxylic acid groups (broad SMARTS) is 1. The first kappa shape index (κ1) is 28.7. The summed E-state index contributed by atoms with van der Waals surface area (Å²) in [6.07, 6.45) is 4.52. The van der Waals surface area contributed by atoms with Crippen molar-refractivity contribution < 1.29 is 24.2 Å². The van der Waals surface area contributed by atoms with E-state index in [-0.39, 0.29) is 13.0 Å². The van der Waals surface area contributed by atoms with Gasteiger partial charge in [0, 0.05) is 37.5 Å². The van der Waals surface area contributed by atoms with Crippen molar-refractivity contribution >= 4 is 29.5 Å². The number of methoxy groups -OCH3 is 1. The number of carbonyl (C=O) groups is 2. The number of halogens is 1. The first-order valence-corrected chi connectivity index (χ1v) is 13.2. The molecule has 0 spiro atoms. The molecule has 1 aliphatic rings. The zero-order chi connectivity index (χ0) is 26.5. The fourth-order valence-corrected chi connectivity index (χ4v) is 4.45. The number of aryl methyl sites for hydroxylation is 2. The normalized spacial score (nSPS) is 13.5. The van der Waals surface area contributed by atoms with E-state index < -0.39 is 18.1 Å². The molecule has 0 unspecified atom stereocenters. The summed E-state index contributed by atoms with van der Waals surface area (Å²) in [5.74, 6) is -0.0812. The van der Waals surface area contributed by atoms with Crippen LogP contribution in [0.1, 0.15) is 42.5 Å². The molecule has 1 aromatic heterocycles. The highest BCUT2D eigenvalue weighted by atomic mass is 35.5. The molecule has 10 heteroatoms. The number of nitrogens with one attached hydrogen (secondary N) is 2. The number of ether oxygens (including phenoxy) is 2. The summed E-state index contributed by atoms with van der Waals surface area (Å²) in [4.78, 5) is 30.9. The highest BCUT2D eigenvalue weighted by Gasteiger charge is 2.22. The van der Waals surface area contributed by atoms with Gasteiger partial charge in [0.2, 0.25) is 0 Å². The Balaban J connectivity index is 1.42. The van der Waals surface area contributed by atoms with Crippen molar-refractivity contribution in [3.05, 3.63) is 58.2 Å². The standard InChI is InChI=1S/C27H37ClN4O5/c1-36-17-16-32(14-3-2-9-23-11-10-21-7-5-13-29-25(21)30-23)15-12-24(26(33)34)31-27(35)37-19-20-6-4-8-22(28)18-20/h4,6,8,10-11,18,24H,2-3,5,7,9,12-17,19H2,1H3,(H,29,30)(H,31,35)(H,33,34)/t24-/m0/s1. The Bertz CT molecular complexity index is 1020. The molecule has 3 rings (SSSR count). The van der Waals surface area contributed by atoms with Crippen molar-refractivity contribution in [3.8, 4) is 0 Å². The van der Waals surface area contributed by atoms with Crippen molar-refractivity contribution in [2.75, 3.05) is 45.2 Å². The molecule has 0 fully saturated rings. The van der Waals surface area contributed by atoms with E-state index in [0.717, 1.165) is 62.3 Å². The molecule has 0 saturated heterocycles. The lowest BCUT2D eigenvalue weighted by Crippen LogP contribution is -2.43. The highest BCUT2D eigenvalue weighted by Crippen LogP contribution is 2.20. The van der Waals surface area contributed by atoms with E-state index in [0.29, 0.717) is 24.7 Å². The number of benzene rings is 1. The third-order valence-electron chi connectivity index (χ3n) is 6.30. The molecule has 2 aromatic rings. The van der Waals surface area contributed by atoms with Gasteiger partial charge in [0.15, 0.2) is 0 Å². The number of carbonyl (C=O) groups excluding carboxylic acids is 1. The Morgan fingerprint density at radius 2 is 2.08 bits per heavy atom. The lowest BCUT2D eigenvalue weighted by molar-refractivity contribution is -0.139. The number of aromatic nitrogens is 1. The summed E-state index contributed by atoms with van der Waals surface area (Å²) < 4.78 is 10.4. The van der Waals surface area contributed by atoms with Crippen LogP contribution < -0.4 is 10.6 Å². The first-order chi connectivity index (χ1) is 17.9. The average Bonchev–Trinajstić information content (AvgIpc) is 2.90. The largest absolute Gasteiger partial charge is 0.480 e. The number of nitrogens with zero attached hydrogens (tertiary/aromatic N) is 2. The number of pyridine rings is 1. The summed E-state index contributed by atoms with van der Waals surface area (Å²) in [7, 11) is 1.64. The molecular formula is C27H37ClN4O5. The van der Waals surface area contributed by atoms with Crippen LogP contribution in [0, 0.1) is 0 Å². The van der Waals surface area contributed by atoms with Crippen LogP contribution in [-0.2, 0) is 33.7 Å². The number of amides is 1. The van der Waals surface area contributed by atoms with Crippen molar-refractivity contribution in [3.63, 3.8) is 0 Å². The van der Waals surface area contributed by atoms with Crippen molar-refractivity contribution in [2.45, 2.75) is 51.2 Å². The van der Waals surface area contributed by atoms with Gasteiger partial charge in [0.25, 0.3) is 0 Å². The van der Waals surface area contributed by atoms with E-state index in [9.17, 15) is 14.7 Å². The Labute approximate surface area is 223 Å². The fourth-order valence-electron chi connectivity index (χ4n) is 4.23. The SMILES string of the molecule is COCCN(CCCCc1ccc2c(n1)NCCC2)CC[C@H](NC(=O)OCc1cccc(Cl)c1)C(=O)O. The second-order valence-electron chi connectivity index (χ2n) is 9.16. The number of aliphatic carboxylic acids is 1. The number of fused-ring (bicyclic) bond motifs is 1. The zero-order valence-corrected chi connectivity index (χ0v) is 22.1. The molecule has 0 saturated carbocycles. The quantitative estimate of drug-likeness (QED) is 0.293. The first-order valence-electron chi connectivity index (χ1n) is 12.8. The van der Waals surface area contributed by atoms with Crippen LogP contribution in [0.4, 0.5) is 10.6 Å². The minimum atomic E-state index is -1.10. The minimum Gasteiger partial charge on any atom is -0.480 e. The second kappa shape index (κ2) is 15.4. The van der Waals surface area contributed by atoms with E-state index >= 15 is 0 Å². The number of hydrogen-bond donors (Lipinski definition) is 3. The third kappa shape index (κ3) is 10.2. The molecule has 1 atom stereocenters. The average molecular weight is 533 g/mol. The van der Waals surface area contributed by atoms with E-state index in [1.54, 1.807) is 31.4 Å². The number of rotatable bonds is 15. The summed E-state index contributed by atoms with van der Waals surface area (Å²) in [6.45, 7) is 3.53. The summed E-state index contributed by atoms with van der Waals surface area (Å²) in [5, 5.41) is 16.0. The number of alkyl carbamates (subject to hydrolysis) is 1. The predicted molar refractivity (Wildman–Crippen MR) is 143 cm³/mol. The van der Waals surface area contributed by atoms with Crippen molar-refractivity contribution in [1.82, 2.24) is 15.2 Å². The monoisotopic (exact) mass is 532 g/mol. The van der Waals surface area contributed by atoms with Crippen LogP contribution in [0.3, 0.4) is 0 Å². The molecule has 2 heterocycles. The molecule has 0 aliphatic carbocycles. The van der Waals surface area contributed by atoms with Gasteiger partial charge in [-0.05, 0) is 74.4 Å². The second-order valence-corrected chi connectivity index (χ2v) is 9.60. The molecule has 3 N–H and O–H groups in total. The molecular weight excluding hydrogens is 496 g/mol. The Morgan fingerprint density at radius 3 is 2.86 bits per heavy atom. The van der Waals surface area contributed by atoms with Gasteiger partial charge < -0.3 is 30.1 Å². The van der Waals surface area contributed by atoms with Crippen LogP contribution in [-0.4, -0.2) is 73.0 Å². The van der Waals surface area contributed by atoms with E-state index in [4.69, 9.17) is 26.1 Å². The Hall–Kier alpha value is -2.88. The maximum Gasteiger partial charge on any atom is 0.408 e. The molecule has 202 valence electrons. The van der Waals surface area contributed by atoms with Crippen molar-refractivity contribution in [1.29, 1.82) is 0 Å². The molecule has 1 aromatic carbocycles. The number of carboxylic acids is 1. The van der Waals surface area contributed by atoms with Gasteiger partial charge in [0.1, 0.15) is 18.5 Å². The molecule has 9 nitrogen and oxygen atoms in total. The van der Waals surface area contributed by atoms with Gasteiger partial charge in [0.05, 0.1) is 6.61 Å². The molecule has 0 radical (unpaired) electrons. The lowest BCUT2D eigenvalue weighted by Gasteiger charge is -2.24. The fraction of sp³-hybridized carbons (Fsp3) is 0.519. The van der Waals surface area contributed by atoms with Crippen LogP contribution in [0.15, 0.2) is 36.4 Å². The van der Waals surface area contributed by atoms with Crippen LogP contribution in [0.5, 0.6) is 0 Å². The zero-order valence-electron chi connectivity index (χ0n) is 21.4. The van der Waals surface area contributed by atoms with Gasteiger partial charge in [-0.15, -0.1) is 0 Å². The van der Waals surface area contributed by atoms with E-state index in [1.807, 2.05) is 0 Å². The summed E-state index contributed by atoms with van der Waals surface area (Å²) in [5.41, 5.74) is 3.10. The Morgan fingerprint density at radius 1 is 1.22 bits per heavy atom. The third-order valence-corrected chi connectivity index (χ3v) is 6.54. The van der Waals surface area contributed by atoms with Crippen LogP contribution in [0.2, 0.25) is 5.02 Å². The van der Waals surface area contributed by atoms with Gasteiger partial charge in [-0.1, -0.05) is 29.8 Å². The number of hydrogen-bond acceptors (Lipinski definition) is 7. The Kier molecular flexibility index (Phi) is 11.9. The van der Waals surface area contributed by atoms with Crippen LogP contribution in [0.25, 0.3) is 0 Å². The minimum absolute atomic E-state index is 0.00777. The van der Waals surface area contributed by atoms with Crippen molar-refractivity contribution in [2.24, 2.45) is 0 Å². The molecule has 37 heavy (non-hydrogen) atoms. The predicted octanol–water partition coefficient (Wildman–Crippen LogP) is 4.13. The lowest BCUT2D eigenvalue weighted by atomic mass is 10.1.